The van der Waals surface area contributed by atoms with Crippen molar-refractivity contribution in [3.05, 3.63) is 35.4 Å². The summed E-state index contributed by atoms with van der Waals surface area (Å²) in [6, 6.07) is 7.33. The van der Waals surface area contributed by atoms with Gasteiger partial charge in [0.15, 0.2) is 5.96 Å². The van der Waals surface area contributed by atoms with Gasteiger partial charge in [-0.05, 0) is 31.4 Å². The molecule has 0 aromatic heterocycles. The lowest BCUT2D eigenvalue weighted by Crippen LogP contribution is -2.32. The van der Waals surface area contributed by atoms with Crippen LogP contribution in [-0.4, -0.2) is 27.0 Å². The zero-order valence-electron chi connectivity index (χ0n) is 17.4. The lowest BCUT2D eigenvalue weighted by molar-refractivity contribution is 0.569. The molecular formula is C20H37IN4O2S. The van der Waals surface area contributed by atoms with Crippen LogP contribution < -0.4 is 15.8 Å². The number of aliphatic imine (C=N–C) groups is 1. The van der Waals surface area contributed by atoms with Crippen molar-refractivity contribution in [1.82, 2.24) is 10.0 Å². The molecule has 0 radical (unpaired) electrons. The van der Waals surface area contributed by atoms with Gasteiger partial charge in [-0.2, -0.15) is 0 Å². The highest BCUT2D eigenvalue weighted by atomic mass is 127. The van der Waals surface area contributed by atoms with Crippen molar-refractivity contribution in [2.24, 2.45) is 10.7 Å². The highest BCUT2D eigenvalue weighted by Crippen LogP contribution is 2.09. The molecule has 1 aromatic carbocycles. The van der Waals surface area contributed by atoms with E-state index in [1.54, 1.807) is 0 Å². The van der Waals surface area contributed by atoms with E-state index >= 15 is 0 Å². The molecule has 0 fully saturated rings. The predicted octanol–water partition coefficient (Wildman–Crippen LogP) is 3.90. The highest BCUT2D eigenvalue weighted by Gasteiger charge is 2.12. The lowest BCUT2D eigenvalue weighted by Gasteiger charge is -2.10. The molecule has 0 aliphatic rings. The molecule has 0 unspecified atom stereocenters. The Bertz CT molecular complexity index is 661. The number of unbranched alkanes of at least 4 members (excludes halogenated alkanes) is 5. The van der Waals surface area contributed by atoms with Crippen molar-refractivity contribution in [1.29, 1.82) is 0 Å². The fraction of sp³-hybridized carbons (Fsp3) is 0.650. The van der Waals surface area contributed by atoms with Crippen LogP contribution in [0, 0.1) is 0 Å². The van der Waals surface area contributed by atoms with E-state index in [9.17, 15) is 8.42 Å². The van der Waals surface area contributed by atoms with Crippen LogP contribution in [0.25, 0.3) is 0 Å². The second-order valence-electron chi connectivity index (χ2n) is 7.24. The summed E-state index contributed by atoms with van der Waals surface area (Å²) in [6.45, 7) is 7.17. The van der Waals surface area contributed by atoms with E-state index < -0.39 is 10.0 Å². The van der Waals surface area contributed by atoms with E-state index in [4.69, 9.17) is 5.73 Å². The number of nitrogens with one attached hydrogen (secondary N) is 2. The first-order valence-corrected chi connectivity index (χ1v) is 11.6. The summed E-state index contributed by atoms with van der Waals surface area (Å²) in [5.74, 6) is 0.438. The van der Waals surface area contributed by atoms with E-state index in [-0.39, 0.29) is 35.8 Å². The van der Waals surface area contributed by atoms with Gasteiger partial charge in [0.05, 0.1) is 12.3 Å². The molecule has 0 saturated carbocycles. The van der Waals surface area contributed by atoms with Crippen LogP contribution >= 0.6 is 24.0 Å². The summed E-state index contributed by atoms with van der Waals surface area (Å²) in [5.41, 5.74) is 7.65. The Morgan fingerprint density at radius 2 is 1.61 bits per heavy atom. The Morgan fingerprint density at radius 1 is 1.04 bits per heavy atom. The maximum Gasteiger partial charge on any atom is 0.216 e. The molecule has 0 atom stereocenters. The Morgan fingerprint density at radius 3 is 2.21 bits per heavy atom. The van der Waals surface area contributed by atoms with Crippen molar-refractivity contribution in [2.75, 3.05) is 6.54 Å². The van der Waals surface area contributed by atoms with Gasteiger partial charge in [0.2, 0.25) is 10.0 Å². The molecule has 0 heterocycles. The molecule has 0 aliphatic carbocycles. The summed E-state index contributed by atoms with van der Waals surface area (Å²) in [5, 5.41) is 3.14. The third-order valence-electron chi connectivity index (χ3n) is 4.06. The van der Waals surface area contributed by atoms with Gasteiger partial charge in [-0.15, -0.1) is 24.0 Å². The average molecular weight is 525 g/mol. The summed E-state index contributed by atoms with van der Waals surface area (Å²) >= 11 is 0. The predicted molar refractivity (Wildman–Crippen MR) is 129 cm³/mol. The van der Waals surface area contributed by atoms with E-state index in [1.165, 1.54) is 32.1 Å². The van der Waals surface area contributed by atoms with Gasteiger partial charge in [0.1, 0.15) is 0 Å². The van der Waals surface area contributed by atoms with Crippen LogP contribution in [0.15, 0.2) is 29.3 Å². The summed E-state index contributed by atoms with van der Waals surface area (Å²) in [4.78, 5) is 4.34. The molecule has 0 amide bonds. The van der Waals surface area contributed by atoms with Crippen LogP contribution in [-0.2, 0) is 22.3 Å². The van der Waals surface area contributed by atoms with Crippen LogP contribution in [0.3, 0.4) is 0 Å². The topological polar surface area (TPSA) is 96.6 Å². The first-order valence-electron chi connectivity index (χ1n) is 9.94. The Hall–Kier alpha value is -0.870. The van der Waals surface area contributed by atoms with Gasteiger partial charge in [0, 0.05) is 12.6 Å². The van der Waals surface area contributed by atoms with Crippen molar-refractivity contribution in [2.45, 2.75) is 77.6 Å². The number of hydrogen-bond donors (Lipinski definition) is 3. The second-order valence-corrected chi connectivity index (χ2v) is 9.00. The monoisotopic (exact) mass is 524 g/mol. The van der Waals surface area contributed by atoms with E-state index in [0.717, 1.165) is 24.1 Å². The number of sulfonamides is 1. The smallest absolute Gasteiger partial charge is 0.216 e. The van der Waals surface area contributed by atoms with Gasteiger partial charge in [-0.1, -0.05) is 63.3 Å². The Kier molecular flexibility index (Phi) is 14.6. The third kappa shape index (κ3) is 13.3. The number of nitrogens with two attached hydrogens (primary N) is 1. The van der Waals surface area contributed by atoms with E-state index in [1.807, 2.05) is 38.1 Å². The molecule has 0 saturated heterocycles. The number of guanidine groups is 1. The van der Waals surface area contributed by atoms with Crippen molar-refractivity contribution < 1.29 is 8.42 Å². The first kappa shape index (κ1) is 27.1. The van der Waals surface area contributed by atoms with E-state index in [0.29, 0.717) is 12.5 Å². The SMILES string of the molecule is CCCCCCCCNC(N)=NCc1ccc(CS(=O)(=O)NC(C)C)cc1.I. The van der Waals surface area contributed by atoms with Crippen LogP contribution in [0.4, 0.5) is 0 Å². The molecule has 6 nitrogen and oxygen atoms in total. The number of hydrogen-bond acceptors (Lipinski definition) is 3. The third-order valence-corrected chi connectivity index (χ3v) is 5.61. The minimum absolute atomic E-state index is 0. The first-order chi connectivity index (χ1) is 12.8. The van der Waals surface area contributed by atoms with Gasteiger partial charge >= 0.3 is 0 Å². The zero-order chi connectivity index (χ0) is 20.1. The van der Waals surface area contributed by atoms with Crippen molar-refractivity contribution in [3.63, 3.8) is 0 Å². The van der Waals surface area contributed by atoms with Gasteiger partial charge in [0.25, 0.3) is 0 Å². The maximum absolute atomic E-state index is 12.0. The van der Waals surface area contributed by atoms with Gasteiger partial charge < -0.3 is 11.1 Å². The number of rotatable bonds is 13. The van der Waals surface area contributed by atoms with Crippen LogP contribution in [0.1, 0.15) is 70.4 Å². The van der Waals surface area contributed by atoms with Gasteiger partial charge in [-0.25, -0.2) is 18.1 Å². The molecule has 162 valence electrons. The lowest BCUT2D eigenvalue weighted by atomic mass is 10.1. The molecule has 0 bridgehead atoms. The minimum atomic E-state index is -3.30. The number of nitrogens with zero attached hydrogens (tertiary/aromatic N) is 1. The van der Waals surface area contributed by atoms with E-state index in [2.05, 4.69) is 22.0 Å². The fourth-order valence-electron chi connectivity index (χ4n) is 2.72. The van der Waals surface area contributed by atoms with Crippen LogP contribution in [0.5, 0.6) is 0 Å². The van der Waals surface area contributed by atoms with Gasteiger partial charge in [-0.3, -0.25) is 0 Å². The molecule has 0 aliphatic heterocycles. The summed E-state index contributed by atoms with van der Waals surface area (Å²) in [7, 11) is -3.30. The zero-order valence-corrected chi connectivity index (χ0v) is 20.6. The highest BCUT2D eigenvalue weighted by molar-refractivity contribution is 14.0. The van der Waals surface area contributed by atoms with Crippen molar-refractivity contribution >= 4 is 40.0 Å². The number of benzene rings is 1. The summed E-state index contributed by atoms with van der Waals surface area (Å²) < 4.78 is 26.5. The Balaban J connectivity index is 0.00000729. The molecule has 1 aromatic rings. The molecule has 28 heavy (non-hydrogen) atoms. The minimum Gasteiger partial charge on any atom is -0.370 e. The fourth-order valence-corrected chi connectivity index (χ4v) is 4.15. The maximum atomic E-state index is 12.0. The molecule has 4 N–H and O–H groups in total. The standard InChI is InChI=1S/C20H36N4O2S.HI/c1-4-5-6-7-8-9-14-22-20(21)23-15-18-10-12-19(13-11-18)16-27(25,26)24-17(2)3;/h10-13,17,24H,4-9,14-16H2,1-3H3,(H3,21,22,23);1H. The van der Waals surface area contributed by atoms with Crippen LogP contribution in [0.2, 0.25) is 0 Å². The van der Waals surface area contributed by atoms with Crippen molar-refractivity contribution in [3.8, 4) is 0 Å². The second kappa shape index (κ2) is 15.0. The average Bonchev–Trinajstić information content (AvgIpc) is 2.59. The molecule has 8 heteroatoms. The summed E-state index contributed by atoms with van der Waals surface area (Å²) in [6.07, 6.45) is 7.50. The Labute approximate surface area is 188 Å². The molecule has 0 spiro atoms. The quantitative estimate of drug-likeness (QED) is 0.158. The molecular weight excluding hydrogens is 487 g/mol. The number of halogens is 1. The molecule has 1 rings (SSSR count). The largest absolute Gasteiger partial charge is 0.370 e. The normalized spacial score (nSPS) is 12.1.